The summed E-state index contributed by atoms with van der Waals surface area (Å²) in [4.78, 5) is 12.5. The number of hydrogen-bond donors (Lipinski definition) is 1. The molecule has 0 aliphatic heterocycles. The van der Waals surface area contributed by atoms with Gasteiger partial charge in [-0.05, 0) is 34.2 Å². The van der Waals surface area contributed by atoms with E-state index in [2.05, 4.69) is 18.2 Å². The third-order valence-electron chi connectivity index (χ3n) is 3.49. The summed E-state index contributed by atoms with van der Waals surface area (Å²) in [6.45, 7) is 0. The second-order valence-corrected chi connectivity index (χ2v) is 5.73. The highest BCUT2D eigenvalue weighted by molar-refractivity contribution is 7.10. The fourth-order valence-electron chi connectivity index (χ4n) is 2.49. The van der Waals surface area contributed by atoms with E-state index in [1.165, 1.54) is 11.3 Å². The first kappa shape index (κ1) is 12.9. The van der Waals surface area contributed by atoms with Gasteiger partial charge in [-0.25, -0.2) is 0 Å². The van der Waals surface area contributed by atoms with Crippen molar-refractivity contribution in [1.29, 1.82) is 0 Å². The van der Waals surface area contributed by atoms with E-state index in [0.717, 1.165) is 21.2 Å². The number of rotatable bonds is 4. The molecule has 0 saturated heterocycles. The molecule has 1 atom stereocenters. The van der Waals surface area contributed by atoms with E-state index in [1.807, 2.05) is 41.8 Å². The van der Waals surface area contributed by atoms with E-state index < -0.39 is 11.9 Å². The lowest BCUT2D eigenvalue weighted by atomic mass is 9.94. The lowest BCUT2D eigenvalue weighted by Crippen LogP contribution is -2.13. The Kier molecular flexibility index (Phi) is 3.52. The number of fused-ring (bicyclic) bond motifs is 1. The van der Waals surface area contributed by atoms with E-state index in [4.69, 9.17) is 0 Å². The van der Waals surface area contributed by atoms with Gasteiger partial charge in [0.15, 0.2) is 0 Å². The van der Waals surface area contributed by atoms with Crippen LogP contribution in [0.2, 0.25) is 0 Å². The summed E-state index contributed by atoms with van der Waals surface area (Å²) in [6, 6.07) is 18.0. The third-order valence-corrected chi connectivity index (χ3v) is 4.47. The van der Waals surface area contributed by atoms with Crippen molar-refractivity contribution >= 4 is 28.1 Å². The highest BCUT2D eigenvalue weighted by Gasteiger charge is 2.21. The maximum absolute atomic E-state index is 11.5. The summed E-state index contributed by atoms with van der Waals surface area (Å²) in [5.41, 5.74) is 1.09. The maximum atomic E-state index is 11.5. The average Bonchev–Trinajstić information content (AvgIpc) is 2.98. The van der Waals surface area contributed by atoms with Gasteiger partial charge < -0.3 is 5.11 Å². The highest BCUT2D eigenvalue weighted by atomic mass is 32.1. The Morgan fingerprint density at radius 1 is 1.05 bits per heavy atom. The van der Waals surface area contributed by atoms with Crippen LogP contribution in [0.15, 0.2) is 60.0 Å². The molecule has 20 heavy (non-hydrogen) atoms. The van der Waals surface area contributed by atoms with Crippen LogP contribution >= 0.6 is 11.3 Å². The molecule has 0 aliphatic carbocycles. The minimum absolute atomic E-state index is 0.471. The zero-order valence-corrected chi connectivity index (χ0v) is 11.6. The zero-order chi connectivity index (χ0) is 13.9. The summed E-state index contributed by atoms with van der Waals surface area (Å²) in [6.07, 6.45) is 0.525. The summed E-state index contributed by atoms with van der Waals surface area (Å²) in [7, 11) is 0. The minimum atomic E-state index is -0.764. The van der Waals surface area contributed by atoms with Crippen molar-refractivity contribution < 1.29 is 9.90 Å². The van der Waals surface area contributed by atoms with Crippen LogP contribution in [0.5, 0.6) is 0 Å². The van der Waals surface area contributed by atoms with Crippen molar-refractivity contribution in [2.45, 2.75) is 12.3 Å². The Balaban J connectivity index is 2.01. The predicted octanol–water partition coefficient (Wildman–Crippen LogP) is 4.31. The number of carboxylic acid groups (broad SMARTS) is 1. The van der Waals surface area contributed by atoms with E-state index in [0.29, 0.717) is 6.42 Å². The molecule has 2 aromatic carbocycles. The Labute approximate surface area is 121 Å². The van der Waals surface area contributed by atoms with Gasteiger partial charge in [0.25, 0.3) is 0 Å². The van der Waals surface area contributed by atoms with Gasteiger partial charge in [-0.2, -0.15) is 0 Å². The van der Waals surface area contributed by atoms with Crippen LogP contribution in [-0.4, -0.2) is 11.1 Å². The fraction of sp³-hybridized carbons (Fsp3) is 0.118. The van der Waals surface area contributed by atoms with Gasteiger partial charge in [-0.15, -0.1) is 11.3 Å². The Morgan fingerprint density at radius 2 is 1.85 bits per heavy atom. The van der Waals surface area contributed by atoms with Gasteiger partial charge in [0.1, 0.15) is 0 Å². The molecular formula is C17H14O2S. The summed E-state index contributed by atoms with van der Waals surface area (Å²) in [5.74, 6) is -1.24. The summed E-state index contributed by atoms with van der Waals surface area (Å²) in [5, 5.41) is 13.7. The molecule has 0 saturated carbocycles. The quantitative estimate of drug-likeness (QED) is 0.774. The number of thiophene rings is 1. The number of hydrogen-bond acceptors (Lipinski definition) is 2. The standard InChI is InChI=1S/C17H14O2S/c18-17(19)15(16-9-4-10-20-16)11-13-7-3-6-12-5-1-2-8-14(12)13/h1-10,15H,11H2,(H,18,19). The summed E-state index contributed by atoms with van der Waals surface area (Å²) < 4.78 is 0. The molecule has 1 unspecified atom stereocenters. The molecule has 1 heterocycles. The molecule has 100 valence electrons. The molecule has 0 spiro atoms. The van der Waals surface area contributed by atoms with E-state index in [1.54, 1.807) is 0 Å². The van der Waals surface area contributed by atoms with Crippen molar-refractivity contribution in [3.8, 4) is 0 Å². The van der Waals surface area contributed by atoms with Crippen LogP contribution in [0.3, 0.4) is 0 Å². The van der Waals surface area contributed by atoms with Crippen molar-refractivity contribution in [3.63, 3.8) is 0 Å². The highest BCUT2D eigenvalue weighted by Crippen LogP contribution is 2.28. The topological polar surface area (TPSA) is 37.3 Å². The molecule has 0 amide bonds. The number of benzene rings is 2. The lowest BCUT2D eigenvalue weighted by Gasteiger charge is -2.12. The van der Waals surface area contributed by atoms with Gasteiger partial charge >= 0.3 is 5.97 Å². The molecule has 1 N–H and O–H groups in total. The second kappa shape index (κ2) is 5.47. The van der Waals surface area contributed by atoms with Crippen molar-refractivity contribution in [2.75, 3.05) is 0 Å². The first-order chi connectivity index (χ1) is 9.75. The summed E-state index contributed by atoms with van der Waals surface area (Å²) >= 11 is 1.50. The molecule has 3 aromatic rings. The number of carboxylic acids is 1. The predicted molar refractivity (Wildman–Crippen MR) is 82.3 cm³/mol. The van der Waals surface area contributed by atoms with Crippen molar-refractivity contribution in [3.05, 3.63) is 70.4 Å². The van der Waals surface area contributed by atoms with E-state index >= 15 is 0 Å². The Morgan fingerprint density at radius 3 is 2.60 bits per heavy atom. The van der Waals surface area contributed by atoms with Gasteiger partial charge in [0.2, 0.25) is 0 Å². The van der Waals surface area contributed by atoms with Crippen LogP contribution in [0.4, 0.5) is 0 Å². The van der Waals surface area contributed by atoms with E-state index in [9.17, 15) is 9.90 Å². The second-order valence-electron chi connectivity index (χ2n) is 4.75. The van der Waals surface area contributed by atoms with Crippen LogP contribution in [0, 0.1) is 0 Å². The molecule has 3 rings (SSSR count). The first-order valence-electron chi connectivity index (χ1n) is 6.48. The molecule has 1 aromatic heterocycles. The number of carbonyl (C=O) groups is 1. The largest absolute Gasteiger partial charge is 0.481 e. The third kappa shape index (κ3) is 2.45. The van der Waals surface area contributed by atoms with Crippen LogP contribution in [-0.2, 0) is 11.2 Å². The van der Waals surface area contributed by atoms with Crippen molar-refractivity contribution in [1.82, 2.24) is 0 Å². The molecule has 0 bridgehead atoms. The molecule has 0 aliphatic rings. The molecule has 0 radical (unpaired) electrons. The lowest BCUT2D eigenvalue weighted by molar-refractivity contribution is -0.138. The Bertz CT molecular complexity index is 726. The maximum Gasteiger partial charge on any atom is 0.312 e. The average molecular weight is 282 g/mol. The zero-order valence-electron chi connectivity index (χ0n) is 10.8. The smallest absolute Gasteiger partial charge is 0.312 e. The van der Waals surface area contributed by atoms with Crippen LogP contribution in [0.25, 0.3) is 10.8 Å². The van der Waals surface area contributed by atoms with Gasteiger partial charge in [-0.1, -0.05) is 48.5 Å². The minimum Gasteiger partial charge on any atom is -0.481 e. The Hall–Kier alpha value is -2.13. The molecule has 0 fully saturated rings. The van der Waals surface area contributed by atoms with Gasteiger partial charge in [0.05, 0.1) is 5.92 Å². The first-order valence-corrected chi connectivity index (χ1v) is 7.36. The van der Waals surface area contributed by atoms with Crippen LogP contribution < -0.4 is 0 Å². The van der Waals surface area contributed by atoms with Crippen LogP contribution in [0.1, 0.15) is 16.4 Å². The molecule has 3 heteroatoms. The van der Waals surface area contributed by atoms with Gasteiger partial charge in [-0.3, -0.25) is 4.79 Å². The van der Waals surface area contributed by atoms with Gasteiger partial charge in [0, 0.05) is 4.88 Å². The molecular weight excluding hydrogens is 268 g/mol. The molecule has 2 nitrogen and oxygen atoms in total. The fourth-order valence-corrected chi connectivity index (χ4v) is 3.31. The number of aliphatic carboxylic acids is 1. The van der Waals surface area contributed by atoms with E-state index in [-0.39, 0.29) is 0 Å². The normalized spacial score (nSPS) is 12.4. The monoisotopic (exact) mass is 282 g/mol. The van der Waals surface area contributed by atoms with Crippen molar-refractivity contribution in [2.24, 2.45) is 0 Å². The SMILES string of the molecule is O=C(O)C(Cc1cccc2ccccc12)c1cccs1.